The van der Waals surface area contributed by atoms with Crippen LogP contribution in [0, 0.1) is 0 Å². The van der Waals surface area contributed by atoms with Crippen LogP contribution in [-0.2, 0) is 0 Å². The Labute approximate surface area is 96.6 Å². The normalized spacial score (nSPS) is 12.9. The summed E-state index contributed by atoms with van der Waals surface area (Å²) >= 11 is 5.86. The van der Waals surface area contributed by atoms with E-state index in [2.05, 4.69) is 19.2 Å². The van der Waals surface area contributed by atoms with Crippen LogP contribution in [-0.4, -0.2) is 18.7 Å². The fraction of sp³-hybridized carbons (Fsp3) is 0.500. The predicted octanol–water partition coefficient (Wildman–Crippen LogP) is 3.11. The smallest absolute Gasteiger partial charge is 0.121 e. The Morgan fingerprint density at radius 1 is 1.33 bits per heavy atom. The Morgan fingerprint density at radius 3 is 2.67 bits per heavy atom. The maximum Gasteiger partial charge on any atom is 0.121 e. The SMILES string of the molecule is CC(C)NCC(C)Oc1cccc(Cl)c1. The zero-order valence-electron chi connectivity index (χ0n) is 9.46. The number of nitrogens with one attached hydrogen (secondary N) is 1. The highest BCUT2D eigenvalue weighted by Crippen LogP contribution is 2.18. The molecule has 0 radical (unpaired) electrons. The summed E-state index contributed by atoms with van der Waals surface area (Å²) in [6.07, 6.45) is 0.144. The molecule has 0 aliphatic rings. The molecule has 3 heteroatoms. The van der Waals surface area contributed by atoms with E-state index in [4.69, 9.17) is 16.3 Å². The third-order valence-electron chi connectivity index (χ3n) is 1.95. The monoisotopic (exact) mass is 227 g/mol. The molecule has 0 spiro atoms. The maximum absolute atomic E-state index is 5.86. The topological polar surface area (TPSA) is 21.3 Å². The third-order valence-corrected chi connectivity index (χ3v) is 2.18. The molecule has 0 fully saturated rings. The van der Waals surface area contributed by atoms with Crippen LogP contribution >= 0.6 is 11.6 Å². The molecule has 1 aromatic carbocycles. The first-order chi connectivity index (χ1) is 7.08. The predicted molar refractivity (Wildman–Crippen MR) is 64.7 cm³/mol. The van der Waals surface area contributed by atoms with Crippen LogP contribution in [0.4, 0.5) is 0 Å². The van der Waals surface area contributed by atoms with Gasteiger partial charge in [0, 0.05) is 17.6 Å². The molecule has 0 bridgehead atoms. The standard InChI is InChI=1S/C12H18ClNO/c1-9(2)14-8-10(3)15-12-6-4-5-11(13)7-12/h4-7,9-10,14H,8H2,1-3H3. The minimum atomic E-state index is 0.144. The fourth-order valence-corrected chi connectivity index (χ4v) is 1.40. The van der Waals surface area contributed by atoms with Crippen molar-refractivity contribution in [1.29, 1.82) is 0 Å². The second-order valence-electron chi connectivity index (χ2n) is 3.95. The van der Waals surface area contributed by atoms with Crippen LogP contribution in [0.3, 0.4) is 0 Å². The number of rotatable bonds is 5. The minimum absolute atomic E-state index is 0.144. The van der Waals surface area contributed by atoms with E-state index in [9.17, 15) is 0 Å². The van der Waals surface area contributed by atoms with Gasteiger partial charge in [0.25, 0.3) is 0 Å². The van der Waals surface area contributed by atoms with E-state index in [-0.39, 0.29) is 6.10 Å². The van der Waals surface area contributed by atoms with Gasteiger partial charge < -0.3 is 10.1 Å². The average molecular weight is 228 g/mol. The molecule has 0 saturated carbocycles. The minimum Gasteiger partial charge on any atom is -0.489 e. The summed E-state index contributed by atoms with van der Waals surface area (Å²) in [4.78, 5) is 0. The largest absolute Gasteiger partial charge is 0.489 e. The lowest BCUT2D eigenvalue weighted by Gasteiger charge is -2.17. The summed E-state index contributed by atoms with van der Waals surface area (Å²) in [5.41, 5.74) is 0. The molecule has 1 unspecified atom stereocenters. The summed E-state index contributed by atoms with van der Waals surface area (Å²) in [5.74, 6) is 0.820. The van der Waals surface area contributed by atoms with Crippen molar-refractivity contribution in [3.63, 3.8) is 0 Å². The Bertz CT molecular complexity index is 301. The number of hydrogen-bond acceptors (Lipinski definition) is 2. The van der Waals surface area contributed by atoms with Crippen molar-refractivity contribution in [3.05, 3.63) is 29.3 Å². The van der Waals surface area contributed by atoms with Gasteiger partial charge in [0.05, 0.1) is 0 Å². The zero-order chi connectivity index (χ0) is 11.3. The molecule has 15 heavy (non-hydrogen) atoms. The van der Waals surface area contributed by atoms with Crippen molar-refractivity contribution in [2.45, 2.75) is 32.9 Å². The number of ether oxygens (including phenoxy) is 1. The van der Waals surface area contributed by atoms with Gasteiger partial charge >= 0.3 is 0 Å². The van der Waals surface area contributed by atoms with Crippen molar-refractivity contribution in [1.82, 2.24) is 5.32 Å². The van der Waals surface area contributed by atoms with Crippen LogP contribution in [0.25, 0.3) is 0 Å². The lowest BCUT2D eigenvalue weighted by atomic mass is 10.3. The van der Waals surface area contributed by atoms with Gasteiger partial charge in [-0.25, -0.2) is 0 Å². The van der Waals surface area contributed by atoms with E-state index in [0.29, 0.717) is 11.1 Å². The quantitative estimate of drug-likeness (QED) is 0.835. The first-order valence-corrected chi connectivity index (χ1v) is 5.61. The van der Waals surface area contributed by atoms with Crippen molar-refractivity contribution in [2.75, 3.05) is 6.54 Å². The van der Waals surface area contributed by atoms with E-state index < -0.39 is 0 Å². The second-order valence-corrected chi connectivity index (χ2v) is 4.39. The first-order valence-electron chi connectivity index (χ1n) is 5.23. The summed E-state index contributed by atoms with van der Waals surface area (Å²) in [5, 5.41) is 4.03. The molecule has 0 aromatic heterocycles. The third kappa shape index (κ3) is 5.05. The van der Waals surface area contributed by atoms with Crippen molar-refractivity contribution in [3.8, 4) is 5.75 Å². The lowest BCUT2D eigenvalue weighted by molar-refractivity contribution is 0.213. The molecule has 1 N–H and O–H groups in total. The molecule has 1 aromatic rings. The van der Waals surface area contributed by atoms with Crippen LogP contribution < -0.4 is 10.1 Å². The molecule has 0 aliphatic carbocycles. The van der Waals surface area contributed by atoms with Crippen molar-refractivity contribution >= 4 is 11.6 Å². The second kappa shape index (κ2) is 5.99. The molecule has 0 amide bonds. The highest BCUT2D eigenvalue weighted by molar-refractivity contribution is 6.30. The number of halogens is 1. The molecule has 84 valence electrons. The van der Waals surface area contributed by atoms with Gasteiger partial charge in [-0.3, -0.25) is 0 Å². The highest BCUT2D eigenvalue weighted by Gasteiger charge is 2.04. The van der Waals surface area contributed by atoms with Gasteiger partial charge in [0.15, 0.2) is 0 Å². The van der Waals surface area contributed by atoms with E-state index in [1.807, 2.05) is 31.2 Å². The molecule has 1 rings (SSSR count). The number of hydrogen-bond donors (Lipinski definition) is 1. The van der Waals surface area contributed by atoms with Crippen molar-refractivity contribution in [2.24, 2.45) is 0 Å². The lowest BCUT2D eigenvalue weighted by Crippen LogP contribution is -2.33. The summed E-state index contributed by atoms with van der Waals surface area (Å²) in [7, 11) is 0. The Balaban J connectivity index is 2.40. The van der Waals surface area contributed by atoms with E-state index >= 15 is 0 Å². The highest BCUT2D eigenvalue weighted by atomic mass is 35.5. The van der Waals surface area contributed by atoms with Crippen LogP contribution in [0.2, 0.25) is 5.02 Å². The maximum atomic E-state index is 5.86. The first kappa shape index (κ1) is 12.3. The van der Waals surface area contributed by atoms with Gasteiger partial charge in [-0.15, -0.1) is 0 Å². The van der Waals surface area contributed by atoms with Gasteiger partial charge in [0.1, 0.15) is 11.9 Å². The number of benzene rings is 1. The molecule has 2 nitrogen and oxygen atoms in total. The molecular formula is C12H18ClNO. The van der Waals surface area contributed by atoms with E-state index in [1.165, 1.54) is 0 Å². The molecule has 0 saturated heterocycles. The zero-order valence-corrected chi connectivity index (χ0v) is 10.2. The van der Waals surface area contributed by atoms with Gasteiger partial charge in [-0.2, -0.15) is 0 Å². The van der Waals surface area contributed by atoms with Crippen LogP contribution in [0.1, 0.15) is 20.8 Å². The molecule has 0 heterocycles. The Kier molecular flexibility index (Phi) is 4.92. The molecule has 1 atom stereocenters. The molecular weight excluding hydrogens is 210 g/mol. The summed E-state index contributed by atoms with van der Waals surface area (Å²) in [6.45, 7) is 7.11. The van der Waals surface area contributed by atoms with E-state index in [1.54, 1.807) is 0 Å². The van der Waals surface area contributed by atoms with Crippen LogP contribution in [0.15, 0.2) is 24.3 Å². The fourth-order valence-electron chi connectivity index (χ4n) is 1.22. The molecule has 0 aliphatic heterocycles. The van der Waals surface area contributed by atoms with Gasteiger partial charge in [0.2, 0.25) is 0 Å². The van der Waals surface area contributed by atoms with Crippen LogP contribution in [0.5, 0.6) is 5.75 Å². The average Bonchev–Trinajstić information content (AvgIpc) is 2.15. The summed E-state index contributed by atoms with van der Waals surface area (Å²) in [6, 6.07) is 7.95. The van der Waals surface area contributed by atoms with E-state index in [0.717, 1.165) is 12.3 Å². The summed E-state index contributed by atoms with van der Waals surface area (Å²) < 4.78 is 5.70. The Hall–Kier alpha value is -0.730. The van der Waals surface area contributed by atoms with Gasteiger partial charge in [-0.1, -0.05) is 31.5 Å². The van der Waals surface area contributed by atoms with Crippen molar-refractivity contribution < 1.29 is 4.74 Å². The van der Waals surface area contributed by atoms with Gasteiger partial charge in [-0.05, 0) is 25.1 Å². The Morgan fingerprint density at radius 2 is 2.07 bits per heavy atom.